The Morgan fingerprint density at radius 3 is 2.67 bits per heavy atom. The molecule has 2 N–H and O–H groups in total. The second-order valence-corrected chi connectivity index (χ2v) is 3.04. The van der Waals surface area contributed by atoms with Gasteiger partial charge in [0.15, 0.2) is 0 Å². The Kier molecular flexibility index (Phi) is 2.70. The van der Waals surface area contributed by atoms with Gasteiger partial charge >= 0.3 is 0 Å². The summed E-state index contributed by atoms with van der Waals surface area (Å²) in [6.07, 6.45) is 0. The summed E-state index contributed by atoms with van der Waals surface area (Å²) < 4.78 is 5.60. The zero-order valence-electron chi connectivity index (χ0n) is 6.50. The second-order valence-electron chi connectivity index (χ2n) is 2.18. The van der Waals surface area contributed by atoms with Gasteiger partial charge in [-0.2, -0.15) is 0 Å². The number of hydrogen-bond acceptors (Lipinski definition) is 2. The molecule has 0 fully saturated rings. The average Bonchev–Trinajstić information content (AvgIpc) is 2.03. The van der Waals surface area contributed by atoms with Crippen LogP contribution in [0.3, 0.4) is 0 Å². The fourth-order valence-corrected chi connectivity index (χ4v) is 1.46. The number of benzene rings is 1. The number of halogens is 1. The number of primary amides is 1. The lowest BCUT2D eigenvalue weighted by Crippen LogP contribution is -2.13. The van der Waals surface area contributed by atoms with Gasteiger partial charge < -0.3 is 10.5 Å². The van der Waals surface area contributed by atoms with Crippen LogP contribution < -0.4 is 10.5 Å². The van der Waals surface area contributed by atoms with Crippen LogP contribution in [0.15, 0.2) is 22.7 Å². The van der Waals surface area contributed by atoms with Gasteiger partial charge in [0.2, 0.25) is 0 Å². The Labute approximate surface area is 78.6 Å². The number of carbonyl (C=O) groups is 1. The maximum Gasteiger partial charge on any atom is 0.253 e. The van der Waals surface area contributed by atoms with E-state index < -0.39 is 5.91 Å². The molecule has 0 spiro atoms. The quantitative estimate of drug-likeness (QED) is 0.837. The minimum atomic E-state index is -0.501. The van der Waals surface area contributed by atoms with Crippen molar-refractivity contribution >= 4 is 21.8 Å². The van der Waals surface area contributed by atoms with Crippen LogP contribution in [0.5, 0.6) is 5.75 Å². The van der Waals surface area contributed by atoms with Crippen LogP contribution >= 0.6 is 15.9 Å². The molecule has 0 radical (unpaired) electrons. The smallest absolute Gasteiger partial charge is 0.253 e. The first-order valence-corrected chi connectivity index (χ1v) is 4.08. The molecular weight excluding hydrogens is 222 g/mol. The summed E-state index contributed by atoms with van der Waals surface area (Å²) in [5.74, 6) is -0.0174. The van der Waals surface area contributed by atoms with Crippen molar-refractivity contribution in [2.75, 3.05) is 7.11 Å². The summed E-state index contributed by atoms with van der Waals surface area (Å²) in [6.45, 7) is 0. The van der Waals surface area contributed by atoms with E-state index in [1.807, 2.05) is 0 Å². The number of carbonyl (C=O) groups excluding carboxylic acids is 1. The minimum Gasteiger partial charge on any atom is -0.496 e. The standard InChI is InChI=1S/C8H8BrNO2/c1-12-6-4-2-3-5(9)7(6)8(10)11/h2-4H,1H3,(H2,10,11). The second kappa shape index (κ2) is 3.58. The number of nitrogens with two attached hydrogens (primary N) is 1. The number of methoxy groups -OCH3 is 1. The van der Waals surface area contributed by atoms with Crippen LogP contribution in [-0.4, -0.2) is 13.0 Å². The van der Waals surface area contributed by atoms with Crippen LogP contribution in [0.2, 0.25) is 0 Å². The van der Waals surface area contributed by atoms with Gasteiger partial charge in [0, 0.05) is 4.47 Å². The fraction of sp³-hybridized carbons (Fsp3) is 0.125. The fourth-order valence-electron chi connectivity index (χ4n) is 0.914. The third-order valence-corrected chi connectivity index (χ3v) is 2.10. The van der Waals surface area contributed by atoms with Crippen LogP contribution in [0.4, 0.5) is 0 Å². The van der Waals surface area contributed by atoms with Crippen molar-refractivity contribution < 1.29 is 9.53 Å². The topological polar surface area (TPSA) is 52.3 Å². The molecule has 1 aromatic rings. The lowest BCUT2D eigenvalue weighted by Gasteiger charge is -2.05. The summed E-state index contributed by atoms with van der Waals surface area (Å²) >= 11 is 3.21. The van der Waals surface area contributed by atoms with Gasteiger partial charge in [-0.25, -0.2) is 0 Å². The number of rotatable bonds is 2. The molecule has 0 aliphatic heterocycles. The first-order chi connectivity index (χ1) is 5.66. The van der Waals surface area contributed by atoms with Crippen molar-refractivity contribution in [3.8, 4) is 5.75 Å². The van der Waals surface area contributed by atoms with Crippen molar-refractivity contribution in [1.82, 2.24) is 0 Å². The summed E-state index contributed by atoms with van der Waals surface area (Å²) in [7, 11) is 1.49. The molecule has 1 aromatic carbocycles. The van der Waals surface area contributed by atoms with E-state index in [9.17, 15) is 4.79 Å². The first kappa shape index (κ1) is 9.06. The summed E-state index contributed by atoms with van der Waals surface area (Å²) in [5.41, 5.74) is 5.52. The predicted molar refractivity (Wildman–Crippen MR) is 49.2 cm³/mol. The molecular formula is C8H8BrNO2. The van der Waals surface area contributed by atoms with E-state index in [0.29, 0.717) is 15.8 Å². The van der Waals surface area contributed by atoms with E-state index in [1.54, 1.807) is 18.2 Å². The molecule has 0 atom stereocenters. The van der Waals surface area contributed by atoms with Crippen molar-refractivity contribution in [1.29, 1.82) is 0 Å². The predicted octanol–water partition coefficient (Wildman–Crippen LogP) is 1.56. The zero-order valence-corrected chi connectivity index (χ0v) is 8.09. The van der Waals surface area contributed by atoms with Crippen LogP contribution in [-0.2, 0) is 0 Å². The molecule has 0 aliphatic carbocycles. The highest BCUT2D eigenvalue weighted by Gasteiger charge is 2.11. The monoisotopic (exact) mass is 229 g/mol. The molecule has 1 amide bonds. The van der Waals surface area contributed by atoms with E-state index in [4.69, 9.17) is 10.5 Å². The summed E-state index contributed by atoms with van der Waals surface area (Å²) in [6, 6.07) is 5.20. The van der Waals surface area contributed by atoms with E-state index in [-0.39, 0.29) is 0 Å². The minimum absolute atomic E-state index is 0.375. The lowest BCUT2D eigenvalue weighted by atomic mass is 10.2. The number of hydrogen-bond donors (Lipinski definition) is 1. The van der Waals surface area contributed by atoms with Gasteiger partial charge in [0.25, 0.3) is 5.91 Å². The molecule has 64 valence electrons. The maximum atomic E-state index is 10.9. The molecule has 0 unspecified atom stereocenters. The van der Waals surface area contributed by atoms with Crippen molar-refractivity contribution in [3.63, 3.8) is 0 Å². The Bertz CT molecular complexity index is 312. The molecule has 12 heavy (non-hydrogen) atoms. The van der Waals surface area contributed by atoms with E-state index in [0.717, 1.165) is 0 Å². The molecule has 0 saturated heterocycles. The third-order valence-electron chi connectivity index (χ3n) is 1.44. The third kappa shape index (κ3) is 1.58. The van der Waals surface area contributed by atoms with Crippen molar-refractivity contribution in [2.45, 2.75) is 0 Å². The van der Waals surface area contributed by atoms with Crippen molar-refractivity contribution in [3.05, 3.63) is 28.2 Å². The number of ether oxygens (including phenoxy) is 1. The molecule has 4 heteroatoms. The average molecular weight is 230 g/mol. The van der Waals surface area contributed by atoms with Gasteiger partial charge in [-0.3, -0.25) is 4.79 Å². The Hall–Kier alpha value is -1.03. The van der Waals surface area contributed by atoms with Gasteiger partial charge in [-0.1, -0.05) is 6.07 Å². The van der Waals surface area contributed by atoms with Gasteiger partial charge in [0.1, 0.15) is 5.75 Å². The Balaban J connectivity index is 3.29. The van der Waals surface area contributed by atoms with E-state index >= 15 is 0 Å². The molecule has 0 bridgehead atoms. The van der Waals surface area contributed by atoms with E-state index in [2.05, 4.69) is 15.9 Å². The summed E-state index contributed by atoms with van der Waals surface area (Å²) in [5, 5.41) is 0. The molecule has 0 aliphatic rings. The van der Waals surface area contributed by atoms with Gasteiger partial charge in [-0.15, -0.1) is 0 Å². The van der Waals surface area contributed by atoms with E-state index in [1.165, 1.54) is 7.11 Å². The zero-order chi connectivity index (χ0) is 9.14. The SMILES string of the molecule is COc1cccc(Br)c1C(N)=O. The highest BCUT2D eigenvalue weighted by Crippen LogP contribution is 2.25. The van der Waals surface area contributed by atoms with Crippen LogP contribution in [0.25, 0.3) is 0 Å². The molecule has 0 saturated carbocycles. The first-order valence-electron chi connectivity index (χ1n) is 3.29. The molecule has 0 aromatic heterocycles. The Morgan fingerprint density at radius 2 is 2.25 bits per heavy atom. The molecule has 3 nitrogen and oxygen atoms in total. The number of amides is 1. The Morgan fingerprint density at radius 1 is 1.58 bits per heavy atom. The molecule has 1 rings (SSSR count). The largest absolute Gasteiger partial charge is 0.496 e. The normalized spacial score (nSPS) is 9.50. The van der Waals surface area contributed by atoms with Crippen molar-refractivity contribution in [2.24, 2.45) is 5.73 Å². The van der Waals surface area contributed by atoms with Crippen LogP contribution in [0, 0.1) is 0 Å². The molecule has 0 heterocycles. The lowest BCUT2D eigenvalue weighted by molar-refractivity contribution is 0.0996. The highest BCUT2D eigenvalue weighted by atomic mass is 79.9. The summed E-state index contributed by atoms with van der Waals surface area (Å²) in [4.78, 5) is 10.9. The van der Waals surface area contributed by atoms with Crippen LogP contribution in [0.1, 0.15) is 10.4 Å². The maximum absolute atomic E-state index is 10.9. The van der Waals surface area contributed by atoms with Gasteiger partial charge in [-0.05, 0) is 28.1 Å². The highest BCUT2D eigenvalue weighted by molar-refractivity contribution is 9.10. The van der Waals surface area contributed by atoms with Gasteiger partial charge in [0.05, 0.1) is 12.7 Å².